The summed E-state index contributed by atoms with van der Waals surface area (Å²) in [5, 5.41) is 31.8. The van der Waals surface area contributed by atoms with Crippen LogP contribution in [0.4, 0.5) is 0 Å². The van der Waals surface area contributed by atoms with E-state index in [1.165, 1.54) is 5.57 Å². The highest BCUT2D eigenvalue weighted by atomic mass is 16.4. The third kappa shape index (κ3) is 3.30. The van der Waals surface area contributed by atoms with Crippen LogP contribution in [0.3, 0.4) is 0 Å². The average Bonchev–Trinajstić information content (AvgIpc) is 3.05. The fourth-order valence-corrected chi connectivity index (χ4v) is 9.19. The van der Waals surface area contributed by atoms with Crippen LogP contribution in [0.15, 0.2) is 11.6 Å². The second kappa shape index (κ2) is 8.60. The van der Waals surface area contributed by atoms with Crippen LogP contribution in [0.25, 0.3) is 0 Å². The summed E-state index contributed by atoms with van der Waals surface area (Å²) in [6.45, 7) is 5.26. The summed E-state index contributed by atoms with van der Waals surface area (Å²) in [4.78, 5) is 39.1. The van der Waals surface area contributed by atoms with Crippen LogP contribution in [-0.2, 0) is 14.4 Å². The van der Waals surface area contributed by atoms with Gasteiger partial charge in [-0.3, -0.25) is 14.4 Å². The second-order valence-electron chi connectivity index (χ2n) is 11.6. The first-order chi connectivity index (χ1) is 15.6. The van der Waals surface area contributed by atoms with Gasteiger partial charge in [0.2, 0.25) is 0 Å². The summed E-state index contributed by atoms with van der Waals surface area (Å²) in [5.74, 6) is -3.40. The normalized spacial score (nSPS) is 43.0. The molecule has 4 aliphatic rings. The molecule has 0 spiro atoms. The molecule has 3 fully saturated rings. The van der Waals surface area contributed by atoms with Crippen molar-refractivity contribution < 1.29 is 29.7 Å². The van der Waals surface area contributed by atoms with Gasteiger partial charge in [0.25, 0.3) is 0 Å². The van der Waals surface area contributed by atoms with Crippen LogP contribution in [0, 0.1) is 39.9 Å². The van der Waals surface area contributed by atoms with Crippen molar-refractivity contribution in [2.75, 3.05) is 6.61 Å². The van der Waals surface area contributed by atoms with Crippen molar-refractivity contribution >= 4 is 17.5 Å². The number of hydrogen-bond acceptors (Lipinski definition) is 5. The van der Waals surface area contributed by atoms with Crippen molar-refractivity contribution in [1.82, 2.24) is 0 Å². The molecular weight excluding hydrogens is 420 g/mol. The van der Waals surface area contributed by atoms with Gasteiger partial charge in [0.15, 0.2) is 5.78 Å². The third-order valence-corrected chi connectivity index (χ3v) is 10.4. The number of aliphatic hydroxyl groups is 2. The minimum absolute atomic E-state index is 0.0537. The van der Waals surface area contributed by atoms with Crippen molar-refractivity contribution in [1.29, 1.82) is 0 Å². The molecule has 6 heteroatoms. The van der Waals surface area contributed by atoms with E-state index in [0.717, 1.165) is 32.1 Å². The first-order valence-electron chi connectivity index (χ1n) is 12.9. The smallest absolute Gasteiger partial charge is 0.315 e. The van der Waals surface area contributed by atoms with Gasteiger partial charge in [0.05, 0.1) is 11.5 Å². The number of ketones is 2. The maximum atomic E-state index is 13.5. The Morgan fingerprint density at radius 2 is 1.91 bits per heavy atom. The molecule has 4 rings (SSSR count). The lowest BCUT2D eigenvalue weighted by Gasteiger charge is -2.61. The Morgan fingerprint density at radius 3 is 2.55 bits per heavy atom. The van der Waals surface area contributed by atoms with E-state index in [1.807, 2.05) is 13.8 Å². The number of rotatable bonds is 7. The maximum Gasteiger partial charge on any atom is 0.315 e. The minimum atomic E-state index is -1.47. The van der Waals surface area contributed by atoms with Gasteiger partial charge in [-0.1, -0.05) is 32.4 Å². The van der Waals surface area contributed by atoms with Crippen molar-refractivity contribution in [2.45, 2.75) is 91.1 Å². The van der Waals surface area contributed by atoms with E-state index < -0.39 is 47.0 Å². The largest absolute Gasteiger partial charge is 0.481 e. The molecule has 184 valence electrons. The average molecular weight is 461 g/mol. The van der Waals surface area contributed by atoms with Crippen LogP contribution < -0.4 is 0 Å². The van der Waals surface area contributed by atoms with Gasteiger partial charge in [0.1, 0.15) is 18.3 Å². The highest BCUT2D eigenvalue weighted by molar-refractivity contribution is 6.05. The van der Waals surface area contributed by atoms with E-state index >= 15 is 0 Å². The zero-order valence-electron chi connectivity index (χ0n) is 20.3. The molecule has 6 nitrogen and oxygen atoms in total. The summed E-state index contributed by atoms with van der Waals surface area (Å²) in [5.41, 5.74) is -0.917. The van der Waals surface area contributed by atoms with Crippen LogP contribution in [0.5, 0.6) is 0 Å². The third-order valence-electron chi connectivity index (χ3n) is 10.4. The topological polar surface area (TPSA) is 112 Å². The van der Waals surface area contributed by atoms with Gasteiger partial charge >= 0.3 is 5.97 Å². The first kappa shape index (κ1) is 24.6. The number of allylic oxidation sites excluding steroid dienone is 2. The van der Waals surface area contributed by atoms with Gasteiger partial charge in [0, 0.05) is 6.42 Å². The zero-order chi connectivity index (χ0) is 24.2. The molecule has 0 radical (unpaired) electrons. The standard InChI is InChI=1S/C27H40O6/c1-4-7-19(29)23(24(32)33)27(21(31)15-28)13-11-18-17-10-9-16-8-5-6-12-25(16,2)22(17)20(30)14-26(18,27)3/h8,17-18,20,22-23,28,30H,4-7,9-15H2,1-3H3,(H,32,33). The Labute approximate surface area is 196 Å². The van der Waals surface area contributed by atoms with Crippen molar-refractivity contribution in [3.63, 3.8) is 0 Å². The molecule has 0 aliphatic heterocycles. The lowest BCUT2D eigenvalue weighted by molar-refractivity contribution is -0.182. The quantitative estimate of drug-likeness (QED) is 0.392. The lowest BCUT2D eigenvalue weighted by atomic mass is 9.42. The molecule has 0 aromatic heterocycles. The molecule has 4 aliphatic carbocycles. The molecule has 0 amide bonds. The van der Waals surface area contributed by atoms with Crippen molar-refractivity contribution in [3.05, 3.63) is 11.6 Å². The highest BCUT2D eigenvalue weighted by Gasteiger charge is 2.72. The molecule has 0 saturated heterocycles. The number of aliphatic hydroxyl groups excluding tert-OH is 2. The van der Waals surface area contributed by atoms with Crippen LogP contribution >= 0.6 is 0 Å². The zero-order valence-corrected chi connectivity index (χ0v) is 20.3. The SMILES string of the molecule is CCCC(=O)C(C(=O)O)C1(C(=O)CO)CCC2C3CCC4=CCCCC4(C)C3C(O)CC21C. The number of aliphatic carboxylic acids is 1. The predicted octanol–water partition coefficient (Wildman–Crippen LogP) is 3.93. The number of hydrogen-bond donors (Lipinski definition) is 3. The predicted molar refractivity (Wildman–Crippen MR) is 123 cm³/mol. The van der Waals surface area contributed by atoms with Crippen LogP contribution in [-0.4, -0.2) is 45.6 Å². The Balaban J connectivity index is 1.82. The Bertz CT molecular complexity index is 863. The van der Waals surface area contributed by atoms with E-state index in [0.29, 0.717) is 19.3 Å². The minimum Gasteiger partial charge on any atom is -0.481 e. The monoisotopic (exact) mass is 460 g/mol. The fourth-order valence-electron chi connectivity index (χ4n) is 9.19. The van der Waals surface area contributed by atoms with Gasteiger partial charge in [-0.15, -0.1) is 0 Å². The molecule has 0 heterocycles. The van der Waals surface area contributed by atoms with Crippen molar-refractivity contribution in [2.24, 2.45) is 39.9 Å². The summed E-state index contributed by atoms with van der Waals surface area (Å²) in [6, 6.07) is 0. The molecule has 0 aromatic rings. The second-order valence-corrected chi connectivity index (χ2v) is 11.6. The Morgan fingerprint density at radius 1 is 1.18 bits per heavy atom. The van der Waals surface area contributed by atoms with Gasteiger partial charge in [-0.2, -0.15) is 0 Å². The van der Waals surface area contributed by atoms with Gasteiger partial charge in [-0.25, -0.2) is 0 Å². The van der Waals surface area contributed by atoms with E-state index in [2.05, 4.69) is 13.0 Å². The molecule has 3 saturated carbocycles. The summed E-state index contributed by atoms with van der Waals surface area (Å²) >= 11 is 0. The molecule has 33 heavy (non-hydrogen) atoms. The molecule has 8 unspecified atom stereocenters. The van der Waals surface area contributed by atoms with Crippen LogP contribution in [0.1, 0.15) is 85.0 Å². The summed E-state index contributed by atoms with van der Waals surface area (Å²) in [7, 11) is 0. The van der Waals surface area contributed by atoms with E-state index in [9.17, 15) is 29.7 Å². The number of Topliss-reactive ketones (excluding diaryl/α,β-unsaturated/α-hetero) is 2. The van der Waals surface area contributed by atoms with Crippen molar-refractivity contribution in [3.8, 4) is 0 Å². The van der Waals surface area contributed by atoms with E-state index in [1.54, 1.807) is 0 Å². The number of fused-ring (bicyclic) bond motifs is 5. The number of carbonyl (C=O) groups is 3. The molecule has 0 aromatic carbocycles. The number of carboxylic acid groups (broad SMARTS) is 1. The lowest BCUT2D eigenvalue weighted by Crippen LogP contribution is -2.62. The van der Waals surface area contributed by atoms with Crippen LogP contribution in [0.2, 0.25) is 0 Å². The fraction of sp³-hybridized carbons (Fsp3) is 0.815. The van der Waals surface area contributed by atoms with Gasteiger partial charge in [-0.05, 0) is 86.4 Å². The summed E-state index contributed by atoms with van der Waals surface area (Å²) < 4.78 is 0. The molecular formula is C27H40O6. The molecule has 0 bridgehead atoms. The first-order valence-corrected chi connectivity index (χ1v) is 12.9. The molecule has 3 N–H and O–H groups in total. The van der Waals surface area contributed by atoms with E-state index in [4.69, 9.17) is 0 Å². The summed E-state index contributed by atoms with van der Waals surface area (Å²) in [6.07, 6.45) is 8.70. The number of carbonyl (C=O) groups excluding carboxylic acids is 2. The highest BCUT2D eigenvalue weighted by Crippen LogP contribution is 2.71. The Hall–Kier alpha value is -1.53. The van der Waals surface area contributed by atoms with E-state index in [-0.39, 0.29) is 36.0 Å². The van der Waals surface area contributed by atoms with Gasteiger partial charge < -0.3 is 15.3 Å². The Kier molecular flexibility index (Phi) is 6.41. The maximum absolute atomic E-state index is 13.5. The number of carboxylic acids is 1. The molecule has 8 atom stereocenters.